The van der Waals surface area contributed by atoms with Crippen LogP contribution in [0.3, 0.4) is 0 Å². The molecule has 1 aliphatic heterocycles. The fourth-order valence-corrected chi connectivity index (χ4v) is 1.86. The largest absolute Gasteiger partial charge is 0.381 e. The van der Waals surface area contributed by atoms with Crippen molar-refractivity contribution in [3.05, 3.63) is 24.5 Å². The predicted octanol–water partition coefficient (Wildman–Crippen LogP) is 1.84. The molecule has 0 aliphatic carbocycles. The van der Waals surface area contributed by atoms with Gasteiger partial charge >= 0.3 is 0 Å². The molecule has 4 heteroatoms. The van der Waals surface area contributed by atoms with Crippen molar-refractivity contribution in [3.63, 3.8) is 0 Å². The summed E-state index contributed by atoms with van der Waals surface area (Å²) in [6.45, 7) is 1.57. The van der Waals surface area contributed by atoms with Gasteiger partial charge in [0.25, 0.3) is 0 Å². The van der Waals surface area contributed by atoms with Crippen molar-refractivity contribution in [2.75, 3.05) is 18.5 Å². The first-order valence-electron chi connectivity index (χ1n) is 5.62. The van der Waals surface area contributed by atoms with Crippen molar-refractivity contribution in [3.8, 4) is 0 Å². The second kappa shape index (κ2) is 5.61. The van der Waals surface area contributed by atoms with Crippen LogP contribution in [0.5, 0.6) is 0 Å². The Labute approximate surface area is 95.0 Å². The third-order valence-corrected chi connectivity index (χ3v) is 2.76. The molecule has 1 aromatic rings. The SMILES string of the molecule is O=C(CC1CCOCC1)Nc1cccnc1. The molecule has 2 rings (SSSR count). The summed E-state index contributed by atoms with van der Waals surface area (Å²) in [6, 6.07) is 3.65. The van der Waals surface area contributed by atoms with E-state index in [4.69, 9.17) is 4.74 Å². The molecule has 4 nitrogen and oxygen atoms in total. The second-order valence-corrected chi connectivity index (χ2v) is 4.05. The first-order valence-corrected chi connectivity index (χ1v) is 5.62. The standard InChI is InChI=1S/C12H16N2O2/c15-12(8-10-3-6-16-7-4-10)14-11-2-1-5-13-9-11/h1-2,5,9-10H,3-4,6-8H2,(H,14,15). The van der Waals surface area contributed by atoms with Gasteiger partial charge in [0.15, 0.2) is 0 Å². The number of nitrogens with one attached hydrogen (secondary N) is 1. The fraction of sp³-hybridized carbons (Fsp3) is 0.500. The fourth-order valence-electron chi connectivity index (χ4n) is 1.86. The van der Waals surface area contributed by atoms with Crippen LogP contribution in [0.25, 0.3) is 0 Å². The molecular formula is C12H16N2O2. The lowest BCUT2D eigenvalue weighted by molar-refractivity contribution is -0.117. The van der Waals surface area contributed by atoms with Crippen molar-refractivity contribution in [1.82, 2.24) is 4.98 Å². The van der Waals surface area contributed by atoms with E-state index in [1.165, 1.54) is 0 Å². The lowest BCUT2D eigenvalue weighted by Gasteiger charge is -2.21. The summed E-state index contributed by atoms with van der Waals surface area (Å²) < 4.78 is 5.26. The van der Waals surface area contributed by atoms with Gasteiger partial charge in [-0.3, -0.25) is 9.78 Å². The van der Waals surface area contributed by atoms with Crippen LogP contribution in [0.1, 0.15) is 19.3 Å². The Morgan fingerprint density at radius 3 is 3.00 bits per heavy atom. The number of rotatable bonds is 3. The molecule has 16 heavy (non-hydrogen) atoms. The molecule has 86 valence electrons. The quantitative estimate of drug-likeness (QED) is 0.845. The number of carbonyl (C=O) groups is 1. The molecular weight excluding hydrogens is 204 g/mol. The van der Waals surface area contributed by atoms with E-state index in [1.807, 2.05) is 12.1 Å². The topological polar surface area (TPSA) is 51.2 Å². The van der Waals surface area contributed by atoms with E-state index in [9.17, 15) is 4.79 Å². The average Bonchev–Trinajstić information content (AvgIpc) is 2.31. The minimum atomic E-state index is 0.0694. The summed E-state index contributed by atoms with van der Waals surface area (Å²) in [6.07, 6.45) is 5.90. The molecule has 0 bridgehead atoms. The van der Waals surface area contributed by atoms with Gasteiger partial charge in [0.1, 0.15) is 0 Å². The molecule has 0 aromatic carbocycles. The second-order valence-electron chi connectivity index (χ2n) is 4.05. The Kier molecular flexibility index (Phi) is 3.88. The summed E-state index contributed by atoms with van der Waals surface area (Å²) in [4.78, 5) is 15.7. The van der Waals surface area contributed by atoms with E-state index in [0.717, 1.165) is 31.7 Å². The number of hydrogen-bond acceptors (Lipinski definition) is 3. The number of aromatic nitrogens is 1. The molecule has 0 saturated carbocycles. The van der Waals surface area contributed by atoms with Crippen LogP contribution in [0, 0.1) is 5.92 Å². The summed E-state index contributed by atoms with van der Waals surface area (Å²) >= 11 is 0. The van der Waals surface area contributed by atoms with Gasteiger partial charge in [-0.2, -0.15) is 0 Å². The Bertz CT molecular complexity index is 334. The summed E-state index contributed by atoms with van der Waals surface area (Å²) in [5.41, 5.74) is 0.763. The van der Waals surface area contributed by atoms with Crippen LogP contribution in [-0.4, -0.2) is 24.1 Å². The van der Waals surface area contributed by atoms with E-state index >= 15 is 0 Å². The monoisotopic (exact) mass is 220 g/mol. The molecule has 1 fully saturated rings. The highest BCUT2D eigenvalue weighted by Crippen LogP contribution is 2.19. The van der Waals surface area contributed by atoms with Gasteiger partial charge in [-0.05, 0) is 30.9 Å². The van der Waals surface area contributed by atoms with Crippen LogP contribution < -0.4 is 5.32 Å². The maximum atomic E-state index is 11.7. The number of pyridine rings is 1. The minimum Gasteiger partial charge on any atom is -0.381 e. The average molecular weight is 220 g/mol. The predicted molar refractivity (Wildman–Crippen MR) is 61.0 cm³/mol. The minimum absolute atomic E-state index is 0.0694. The highest BCUT2D eigenvalue weighted by atomic mass is 16.5. The van der Waals surface area contributed by atoms with E-state index in [0.29, 0.717) is 12.3 Å². The zero-order valence-electron chi connectivity index (χ0n) is 9.19. The first kappa shape index (κ1) is 11.1. The normalized spacial score (nSPS) is 17.0. The molecule has 2 heterocycles. The van der Waals surface area contributed by atoms with E-state index < -0.39 is 0 Å². The Morgan fingerprint density at radius 2 is 2.31 bits per heavy atom. The maximum absolute atomic E-state index is 11.7. The molecule has 0 radical (unpaired) electrons. The van der Waals surface area contributed by atoms with Gasteiger partial charge in [0, 0.05) is 25.8 Å². The Hall–Kier alpha value is -1.42. The van der Waals surface area contributed by atoms with E-state index in [1.54, 1.807) is 12.4 Å². The Balaban J connectivity index is 1.80. The summed E-state index contributed by atoms with van der Waals surface area (Å²) in [7, 11) is 0. The molecule has 1 aliphatic rings. The molecule has 1 N–H and O–H groups in total. The van der Waals surface area contributed by atoms with Crippen molar-refractivity contribution in [2.45, 2.75) is 19.3 Å². The van der Waals surface area contributed by atoms with Crippen LogP contribution in [0.4, 0.5) is 5.69 Å². The zero-order valence-corrected chi connectivity index (χ0v) is 9.19. The van der Waals surface area contributed by atoms with Crippen LogP contribution in [-0.2, 0) is 9.53 Å². The lowest BCUT2D eigenvalue weighted by atomic mass is 9.96. The third kappa shape index (κ3) is 3.31. The van der Waals surface area contributed by atoms with Crippen LogP contribution in [0.2, 0.25) is 0 Å². The lowest BCUT2D eigenvalue weighted by Crippen LogP contribution is -2.22. The van der Waals surface area contributed by atoms with E-state index in [-0.39, 0.29) is 5.91 Å². The van der Waals surface area contributed by atoms with Crippen molar-refractivity contribution >= 4 is 11.6 Å². The Morgan fingerprint density at radius 1 is 1.50 bits per heavy atom. The highest BCUT2D eigenvalue weighted by molar-refractivity contribution is 5.90. The van der Waals surface area contributed by atoms with Gasteiger partial charge in [0.05, 0.1) is 11.9 Å². The zero-order chi connectivity index (χ0) is 11.2. The van der Waals surface area contributed by atoms with Gasteiger partial charge < -0.3 is 10.1 Å². The van der Waals surface area contributed by atoms with Crippen molar-refractivity contribution in [1.29, 1.82) is 0 Å². The molecule has 1 amide bonds. The molecule has 0 spiro atoms. The maximum Gasteiger partial charge on any atom is 0.224 e. The third-order valence-electron chi connectivity index (χ3n) is 2.76. The van der Waals surface area contributed by atoms with Crippen LogP contribution >= 0.6 is 0 Å². The van der Waals surface area contributed by atoms with Crippen LogP contribution in [0.15, 0.2) is 24.5 Å². The number of hydrogen-bond donors (Lipinski definition) is 1. The first-order chi connectivity index (χ1) is 7.84. The highest BCUT2D eigenvalue weighted by Gasteiger charge is 2.17. The summed E-state index contributed by atoms with van der Waals surface area (Å²) in [5, 5.41) is 2.85. The van der Waals surface area contributed by atoms with Gasteiger partial charge in [-0.1, -0.05) is 0 Å². The number of nitrogens with zero attached hydrogens (tertiary/aromatic N) is 1. The molecule has 1 saturated heterocycles. The van der Waals surface area contributed by atoms with Gasteiger partial charge in [-0.15, -0.1) is 0 Å². The number of anilines is 1. The molecule has 1 aromatic heterocycles. The van der Waals surface area contributed by atoms with Crippen molar-refractivity contribution < 1.29 is 9.53 Å². The number of ether oxygens (including phenoxy) is 1. The van der Waals surface area contributed by atoms with Crippen molar-refractivity contribution in [2.24, 2.45) is 5.92 Å². The number of amides is 1. The van der Waals surface area contributed by atoms with Gasteiger partial charge in [0.2, 0.25) is 5.91 Å². The van der Waals surface area contributed by atoms with E-state index in [2.05, 4.69) is 10.3 Å². The summed E-state index contributed by atoms with van der Waals surface area (Å²) in [5.74, 6) is 0.533. The van der Waals surface area contributed by atoms with Gasteiger partial charge in [-0.25, -0.2) is 0 Å². The molecule has 0 unspecified atom stereocenters. The smallest absolute Gasteiger partial charge is 0.224 e. The molecule has 0 atom stereocenters. The number of carbonyl (C=O) groups excluding carboxylic acids is 1.